The topological polar surface area (TPSA) is 79.3 Å². The molecule has 30 heavy (non-hydrogen) atoms. The number of nitrogens with zero attached hydrogens (tertiary/aromatic N) is 2. The maximum absolute atomic E-state index is 12.8. The second-order valence-electron chi connectivity index (χ2n) is 8.17. The van der Waals surface area contributed by atoms with Gasteiger partial charge in [-0.2, -0.15) is 5.10 Å². The Balaban J connectivity index is 1.29. The number of aromatic amines is 1. The van der Waals surface area contributed by atoms with E-state index in [2.05, 4.69) is 64.0 Å². The van der Waals surface area contributed by atoms with Crippen molar-refractivity contribution in [1.82, 2.24) is 19.9 Å². The van der Waals surface area contributed by atoms with Gasteiger partial charge in [0, 0.05) is 24.6 Å². The molecule has 2 N–H and O–H groups in total. The van der Waals surface area contributed by atoms with Crippen LogP contribution in [0.5, 0.6) is 0 Å². The molecule has 4 aromatic rings. The Bertz CT molecular complexity index is 1310. The summed E-state index contributed by atoms with van der Waals surface area (Å²) in [6.07, 6.45) is 2.56. The summed E-state index contributed by atoms with van der Waals surface area (Å²) in [5.74, 6) is 0.837. The van der Waals surface area contributed by atoms with Crippen LogP contribution in [0.15, 0.2) is 71.7 Å². The van der Waals surface area contributed by atoms with Crippen molar-refractivity contribution in [2.24, 2.45) is 5.92 Å². The van der Waals surface area contributed by atoms with Crippen molar-refractivity contribution in [2.75, 3.05) is 6.54 Å². The van der Waals surface area contributed by atoms with E-state index < -0.39 is 0 Å². The largest absolute Gasteiger partial charge is 0.352 e. The molecule has 0 fully saturated rings. The molecule has 2 aromatic heterocycles. The summed E-state index contributed by atoms with van der Waals surface area (Å²) in [6, 6.07) is 20.8. The molecule has 0 spiro atoms. The van der Waals surface area contributed by atoms with Crippen molar-refractivity contribution < 1.29 is 4.79 Å². The van der Waals surface area contributed by atoms with Crippen LogP contribution in [0, 0.1) is 5.92 Å². The Labute approximate surface area is 172 Å². The Kier molecular flexibility index (Phi) is 3.68. The second kappa shape index (κ2) is 6.42. The molecule has 3 aliphatic carbocycles. The lowest BCUT2D eigenvalue weighted by atomic mass is 9.59. The molecule has 3 aliphatic rings. The molecule has 1 amide bonds. The number of pyridine rings is 1. The zero-order valence-corrected chi connectivity index (χ0v) is 16.2. The molecular weight excluding hydrogens is 376 g/mol. The van der Waals surface area contributed by atoms with E-state index in [0.717, 1.165) is 6.42 Å². The number of H-pyrrole nitrogens is 1. The van der Waals surface area contributed by atoms with Crippen molar-refractivity contribution in [3.05, 3.63) is 105 Å². The van der Waals surface area contributed by atoms with E-state index in [9.17, 15) is 9.59 Å². The number of nitrogens with one attached hydrogen (secondary N) is 2. The standard InChI is InChI=1S/C24H20N4O2/c29-23(14-9-10-21-26-27-24(30)28(21)13-14)25-12-15-11-20-16-5-1-3-7-18(16)22(15)19-8-4-2-6-17(19)20/h1-10,13,15,20,22H,11-12H2,(H,25,29)(H,27,30). The molecule has 2 aromatic carbocycles. The third-order valence-corrected chi connectivity index (χ3v) is 6.62. The number of rotatable bonds is 3. The zero-order valence-electron chi connectivity index (χ0n) is 16.2. The minimum atomic E-state index is -0.350. The summed E-state index contributed by atoms with van der Waals surface area (Å²) >= 11 is 0. The molecule has 0 saturated heterocycles. The van der Waals surface area contributed by atoms with E-state index in [1.165, 1.54) is 32.9 Å². The number of amides is 1. The van der Waals surface area contributed by atoms with Crippen LogP contribution in [0.2, 0.25) is 0 Å². The fourth-order valence-electron chi connectivity index (χ4n) is 5.33. The van der Waals surface area contributed by atoms with Crippen molar-refractivity contribution >= 4 is 11.6 Å². The lowest BCUT2D eigenvalue weighted by Gasteiger charge is -2.45. The summed E-state index contributed by atoms with van der Waals surface area (Å²) in [4.78, 5) is 24.6. The quantitative estimate of drug-likeness (QED) is 0.559. The van der Waals surface area contributed by atoms with Gasteiger partial charge in [-0.15, -0.1) is 0 Å². The van der Waals surface area contributed by atoms with Crippen molar-refractivity contribution in [2.45, 2.75) is 18.3 Å². The highest BCUT2D eigenvalue weighted by Crippen LogP contribution is 2.55. The van der Waals surface area contributed by atoms with E-state index in [4.69, 9.17) is 0 Å². The summed E-state index contributed by atoms with van der Waals surface area (Å²) in [5.41, 5.74) is 6.22. The summed E-state index contributed by atoms with van der Waals surface area (Å²) < 4.78 is 1.35. The number of aromatic nitrogens is 3. The normalized spacial score (nSPS) is 21.3. The maximum Gasteiger partial charge on any atom is 0.347 e. The number of carbonyl (C=O) groups is 1. The highest BCUT2D eigenvalue weighted by atomic mass is 16.2. The summed E-state index contributed by atoms with van der Waals surface area (Å²) in [5, 5.41) is 9.40. The molecule has 1 atom stereocenters. The zero-order chi connectivity index (χ0) is 20.2. The van der Waals surface area contributed by atoms with Crippen LogP contribution in [0.4, 0.5) is 0 Å². The summed E-state index contributed by atoms with van der Waals surface area (Å²) in [6.45, 7) is 0.598. The first kappa shape index (κ1) is 17.2. The molecule has 1 unspecified atom stereocenters. The Morgan fingerprint density at radius 2 is 1.67 bits per heavy atom. The molecule has 6 heteroatoms. The number of hydrogen-bond acceptors (Lipinski definition) is 3. The Hall–Kier alpha value is -3.67. The smallest absolute Gasteiger partial charge is 0.347 e. The highest BCUT2D eigenvalue weighted by Gasteiger charge is 2.42. The molecule has 0 radical (unpaired) electrons. The minimum Gasteiger partial charge on any atom is -0.352 e. The van der Waals surface area contributed by atoms with Gasteiger partial charge in [0.05, 0.1) is 5.56 Å². The Morgan fingerprint density at radius 1 is 1.00 bits per heavy atom. The average Bonchev–Trinajstić information content (AvgIpc) is 3.17. The van der Waals surface area contributed by atoms with E-state index >= 15 is 0 Å². The highest BCUT2D eigenvalue weighted by molar-refractivity contribution is 5.94. The molecule has 7 rings (SSSR count). The van der Waals surface area contributed by atoms with Crippen LogP contribution < -0.4 is 11.0 Å². The fraction of sp³-hybridized carbons (Fsp3) is 0.208. The molecule has 0 saturated carbocycles. The van der Waals surface area contributed by atoms with Gasteiger partial charge in [-0.1, -0.05) is 48.5 Å². The van der Waals surface area contributed by atoms with Gasteiger partial charge in [-0.25, -0.2) is 14.3 Å². The van der Waals surface area contributed by atoms with Crippen LogP contribution in [-0.2, 0) is 0 Å². The molecule has 6 nitrogen and oxygen atoms in total. The van der Waals surface area contributed by atoms with Crippen molar-refractivity contribution in [3.8, 4) is 0 Å². The fourth-order valence-corrected chi connectivity index (χ4v) is 5.33. The van der Waals surface area contributed by atoms with Gasteiger partial charge in [-0.05, 0) is 46.7 Å². The third kappa shape index (κ3) is 2.46. The molecule has 2 bridgehead atoms. The SMILES string of the molecule is O=C(NCC1CC2c3ccccc3C1c1ccccc12)c1ccc2n[nH]c(=O)n2c1. The van der Waals surface area contributed by atoms with Crippen molar-refractivity contribution in [3.63, 3.8) is 0 Å². The van der Waals surface area contributed by atoms with Crippen molar-refractivity contribution in [1.29, 1.82) is 0 Å². The van der Waals surface area contributed by atoms with Crippen LogP contribution in [0.25, 0.3) is 5.65 Å². The minimum absolute atomic E-state index is 0.173. The monoisotopic (exact) mass is 396 g/mol. The number of carbonyl (C=O) groups excluding carboxylic acids is 1. The third-order valence-electron chi connectivity index (χ3n) is 6.62. The molecule has 2 heterocycles. The molecular formula is C24H20N4O2. The van der Waals surface area contributed by atoms with Gasteiger partial charge in [0.25, 0.3) is 5.91 Å². The summed E-state index contributed by atoms with van der Waals surface area (Å²) in [7, 11) is 0. The first-order valence-corrected chi connectivity index (χ1v) is 10.2. The number of benzene rings is 2. The Morgan fingerprint density at radius 3 is 2.37 bits per heavy atom. The average molecular weight is 396 g/mol. The van der Waals surface area contributed by atoms with Gasteiger partial charge in [0.2, 0.25) is 0 Å². The van der Waals surface area contributed by atoms with Crippen LogP contribution in [-0.4, -0.2) is 27.0 Å². The van der Waals surface area contributed by atoms with Gasteiger partial charge < -0.3 is 5.32 Å². The lowest BCUT2D eigenvalue weighted by molar-refractivity contribution is 0.0942. The first-order valence-electron chi connectivity index (χ1n) is 10.2. The predicted octanol–water partition coefficient (Wildman–Crippen LogP) is 3.05. The molecule has 0 aliphatic heterocycles. The lowest BCUT2D eigenvalue weighted by Crippen LogP contribution is -2.39. The van der Waals surface area contributed by atoms with E-state index in [1.807, 2.05) is 0 Å². The number of fused-ring (bicyclic) bond motifs is 2. The maximum atomic E-state index is 12.8. The van der Waals surface area contributed by atoms with Crippen LogP contribution in [0.1, 0.15) is 50.9 Å². The molecule has 148 valence electrons. The van der Waals surface area contributed by atoms with Gasteiger partial charge in [0.15, 0.2) is 5.65 Å². The van der Waals surface area contributed by atoms with Crippen LogP contribution in [0.3, 0.4) is 0 Å². The van der Waals surface area contributed by atoms with E-state index in [1.54, 1.807) is 12.1 Å². The first-order chi connectivity index (χ1) is 14.7. The van der Waals surface area contributed by atoms with Gasteiger partial charge in [-0.3, -0.25) is 4.79 Å². The van der Waals surface area contributed by atoms with Gasteiger partial charge >= 0.3 is 5.69 Å². The predicted molar refractivity (Wildman–Crippen MR) is 113 cm³/mol. The van der Waals surface area contributed by atoms with E-state index in [0.29, 0.717) is 35.5 Å². The van der Waals surface area contributed by atoms with E-state index in [-0.39, 0.29) is 11.6 Å². The van der Waals surface area contributed by atoms with Crippen LogP contribution >= 0.6 is 0 Å². The number of hydrogen-bond donors (Lipinski definition) is 2. The van der Waals surface area contributed by atoms with Gasteiger partial charge in [0.1, 0.15) is 0 Å². The second-order valence-corrected chi connectivity index (χ2v) is 8.17.